The SMILES string of the molecule is CCOC(=O)N1CCc2c(cncc2C(=O)Nc2ccc(Cl)cc2)C1. The van der Waals surface area contributed by atoms with E-state index < -0.39 is 0 Å². The molecule has 2 heterocycles. The number of hydrogen-bond donors (Lipinski definition) is 1. The standard InChI is InChI=1S/C18H18ClN3O3/c1-2-25-18(24)22-8-7-15-12(11-22)9-20-10-16(15)17(23)21-14-5-3-13(19)4-6-14/h3-6,9-10H,2,7-8,11H2,1H3,(H,21,23). The molecule has 0 radical (unpaired) electrons. The fraction of sp³-hybridized carbons (Fsp3) is 0.278. The van der Waals surface area contributed by atoms with Gasteiger partial charge in [0.2, 0.25) is 0 Å². The lowest BCUT2D eigenvalue weighted by atomic mass is 9.97. The average Bonchev–Trinajstić information content (AvgIpc) is 2.62. The van der Waals surface area contributed by atoms with E-state index in [1.54, 1.807) is 48.5 Å². The Hall–Kier alpha value is -2.60. The van der Waals surface area contributed by atoms with Crippen molar-refractivity contribution in [1.29, 1.82) is 0 Å². The predicted molar refractivity (Wildman–Crippen MR) is 94.8 cm³/mol. The van der Waals surface area contributed by atoms with E-state index in [2.05, 4.69) is 10.3 Å². The Bertz CT molecular complexity index is 793. The van der Waals surface area contributed by atoms with E-state index >= 15 is 0 Å². The van der Waals surface area contributed by atoms with Gasteiger partial charge in [-0.1, -0.05) is 11.6 Å². The fourth-order valence-corrected chi connectivity index (χ4v) is 2.92. The van der Waals surface area contributed by atoms with Gasteiger partial charge in [0.25, 0.3) is 5.91 Å². The van der Waals surface area contributed by atoms with Crippen molar-refractivity contribution in [2.24, 2.45) is 0 Å². The number of carbonyl (C=O) groups excluding carboxylic acids is 2. The van der Waals surface area contributed by atoms with Gasteiger partial charge in [-0.05, 0) is 48.7 Å². The number of anilines is 1. The topological polar surface area (TPSA) is 71.5 Å². The van der Waals surface area contributed by atoms with Gasteiger partial charge in [0.15, 0.2) is 0 Å². The Kier molecular flexibility index (Phi) is 5.19. The molecule has 0 unspecified atom stereocenters. The molecular formula is C18H18ClN3O3. The quantitative estimate of drug-likeness (QED) is 0.910. The zero-order valence-corrected chi connectivity index (χ0v) is 14.5. The number of aromatic nitrogens is 1. The van der Waals surface area contributed by atoms with Gasteiger partial charge in [-0.15, -0.1) is 0 Å². The molecule has 1 aromatic heterocycles. The highest BCUT2D eigenvalue weighted by Gasteiger charge is 2.25. The van der Waals surface area contributed by atoms with Crippen molar-refractivity contribution in [1.82, 2.24) is 9.88 Å². The fourth-order valence-electron chi connectivity index (χ4n) is 2.79. The molecule has 1 N–H and O–H groups in total. The molecule has 0 aliphatic carbocycles. The summed E-state index contributed by atoms with van der Waals surface area (Å²) < 4.78 is 5.04. The molecule has 6 nitrogen and oxygen atoms in total. The normalized spacial score (nSPS) is 13.1. The lowest BCUT2D eigenvalue weighted by Crippen LogP contribution is -2.37. The minimum absolute atomic E-state index is 0.226. The number of hydrogen-bond acceptors (Lipinski definition) is 4. The van der Waals surface area contributed by atoms with Crippen LogP contribution in [0.25, 0.3) is 0 Å². The second kappa shape index (κ2) is 7.53. The summed E-state index contributed by atoms with van der Waals surface area (Å²) in [6, 6.07) is 6.91. The largest absolute Gasteiger partial charge is 0.450 e. The van der Waals surface area contributed by atoms with Crippen molar-refractivity contribution in [3.63, 3.8) is 0 Å². The first-order valence-corrected chi connectivity index (χ1v) is 8.40. The van der Waals surface area contributed by atoms with Gasteiger partial charge in [-0.25, -0.2) is 4.79 Å². The third-order valence-corrected chi connectivity index (χ3v) is 4.26. The van der Waals surface area contributed by atoms with E-state index in [9.17, 15) is 9.59 Å². The molecule has 0 atom stereocenters. The third kappa shape index (κ3) is 3.91. The molecule has 0 bridgehead atoms. The van der Waals surface area contributed by atoms with Crippen LogP contribution in [0.1, 0.15) is 28.4 Å². The van der Waals surface area contributed by atoms with Gasteiger partial charge >= 0.3 is 6.09 Å². The van der Waals surface area contributed by atoms with Crippen LogP contribution in [0.5, 0.6) is 0 Å². The summed E-state index contributed by atoms with van der Waals surface area (Å²) in [4.78, 5) is 30.3. The molecule has 1 aliphatic rings. The molecule has 2 aromatic rings. The summed E-state index contributed by atoms with van der Waals surface area (Å²) in [6.07, 6.45) is 3.49. The van der Waals surface area contributed by atoms with Crippen LogP contribution in [-0.4, -0.2) is 35.0 Å². The summed E-state index contributed by atoms with van der Waals surface area (Å²) in [6.45, 7) is 3.01. The first-order valence-electron chi connectivity index (χ1n) is 8.03. The molecule has 0 saturated heterocycles. The van der Waals surface area contributed by atoms with Crippen LogP contribution in [-0.2, 0) is 17.7 Å². The number of fused-ring (bicyclic) bond motifs is 1. The summed E-state index contributed by atoms with van der Waals surface area (Å²) in [5, 5.41) is 3.45. The number of nitrogens with zero attached hydrogens (tertiary/aromatic N) is 2. The van der Waals surface area contributed by atoms with Crippen LogP contribution in [0, 0.1) is 0 Å². The van der Waals surface area contributed by atoms with Crippen molar-refractivity contribution in [3.8, 4) is 0 Å². The van der Waals surface area contributed by atoms with Gasteiger partial charge in [-0.2, -0.15) is 0 Å². The lowest BCUT2D eigenvalue weighted by molar-refractivity contribution is 0.101. The number of rotatable bonds is 3. The van der Waals surface area contributed by atoms with Crippen LogP contribution in [0.2, 0.25) is 5.02 Å². The minimum Gasteiger partial charge on any atom is -0.450 e. The van der Waals surface area contributed by atoms with Crippen molar-refractivity contribution >= 4 is 29.3 Å². The zero-order chi connectivity index (χ0) is 17.8. The summed E-state index contributed by atoms with van der Waals surface area (Å²) in [5.74, 6) is -0.226. The highest BCUT2D eigenvalue weighted by atomic mass is 35.5. The van der Waals surface area contributed by atoms with Gasteiger partial charge in [-0.3, -0.25) is 9.78 Å². The first-order chi connectivity index (χ1) is 12.1. The molecule has 0 spiro atoms. The van der Waals surface area contributed by atoms with Crippen LogP contribution in [0.15, 0.2) is 36.7 Å². The van der Waals surface area contributed by atoms with Gasteiger partial charge < -0.3 is 15.0 Å². The Morgan fingerprint density at radius 2 is 2.04 bits per heavy atom. The highest BCUT2D eigenvalue weighted by Crippen LogP contribution is 2.23. The summed E-state index contributed by atoms with van der Waals surface area (Å²) in [7, 11) is 0. The van der Waals surface area contributed by atoms with Crippen molar-refractivity contribution < 1.29 is 14.3 Å². The third-order valence-electron chi connectivity index (χ3n) is 4.01. The molecule has 25 heavy (non-hydrogen) atoms. The van der Waals surface area contributed by atoms with Crippen molar-refractivity contribution in [2.45, 2.75) is 19.9 Å². The monoisotopic (exact) mass is 359 g/mol. The van der Waals surface area contributed by atoms with Crippen molar-refractivity contribution in [2.75, 3.05) is 18.5 Å². The smallest absolute Gasteiger partial charge is 0.410 e. The predicted octanol–water partition coefficient (Wildman–Crippen LogP) is 3.50. The molecule has 0 fully saturated rings. The second-order valence-corrected chi connectivity index (χ2v) is 6.09. The molecule has 0 saturated carbocycles. The van der Waals surface area contributed by atoms with Crippen molar-refractivity contribution in [3.05, 3.63) is 58.4 Å². The molecule has 1 aliphatic heterocycles. The van der Waals surface area contributed by atoms with Gasteiger partial charge in [0, 0.05) is 29.6 Å². The van der Waals surface area contributed by atoms with E-state index in [-0.39, 0.29) is 12.0 Å². The van der Waals surface area contributed by atoms with E-state index in [1.165, 1.54) is 0 Å². The highest BCUT2D eigenvalue weighted by molar-refractivity contribution is 6.30. The minimum atomic E-state index is -0.343. The number of halogens is 1. The number of pyridine rings is 1. The molecule has 7 heteroatoms. The zero-order valence-electron chi connectivity index (χ0n) is 13.8. The van der Waals surface area contributed by atoms with E-state index in [1.807, 2.05) is 0 Å². The Balaban J connectivity index is 1.78. The van der Waals surface area contributed by atoms with Gasteiger partial charge in [0.1, 0.15) is 0 Å². The number of ether oxygens (including phenoxy) is 1. The van der Waals surface area contributed by atoms with E-state index in [0.29, 0.717) is 42.4 Å². The maximum absolute atomic E-state index is 12.6. The molecule has 2 amide bonds. The molecule has 1 aromatic carbocycles. The summed E-state index contributed by atoms with van der Waals surface area (Å²) >= 11 is 5.86. The Morgan fingerprint density at radius 1 is 1.28 bits per heavy atom. The maximum Gasteiger partial charge on any atom is 0.410 e. The van der Waals surface area contributed by atoms with E-state index in [4.69, 9.17) is 16.3 Å². The average molecular weight is 360 g/mol. The van der Waals surface area contributed by atoms with Gasteiger partial charge in [0.05, 0.1) is 18.7 Å². The van der Waals surface area contributed by atoms with Crippen LogP contribution in [0.3, 0.4) is 0 Å². The number of carbonyl (C=O) groups is 2. The molecule has 3 rings (SSSR count). The van der Waals surface area contributed by atoms with Crippen LogP contribution >= 0.6 is 11.6 Å². The second-order valence-electron chi connectivity index (χ2n) is 5.66. The Labute approximate surface area is 150 Å². The Morgan fingerprint density at radius 3 is 2.76 bits per heavy atom. The molecular weight excluding hydrogens is 342 g/mol. The first kappa shape index (κ1) is 17.2. The number of benzene rings is 1. The van der Waals surface area contributed by atoms with Crippen LogP contribution in [0.4, 0.5) is 10.5 Å². The lowest BCUT2D eigenvalue weighted by Gasteiger charge is -2.28. The van der Waals surface area contributed by atoms with Crippen LogP contribution < -0.4 is 5.32 Å². The molecule has 130 valence electrons. The number of nitrogens with one attached hydrogen (secondary N) is 1. The number of amides is 2. The summed E-state index contributed by atoms with van der Waals surface area (Å²) in [5.41, 5.74) is 2.97. The maximum atomic E-state index is 12.6. The van der Waals surface area contributed by atoms with E-state index in [0.717, 1.165) is 11.1 Å².